The summed E-state index contributed by atoms with van der Waals surface area (Å²) in [7, 11) is 0. The number of fused-ring (bicyclic) bond motifs is 1. The summed E-state index contributed by atoms with van der Waals surface area (Å²) < 4.78 is 1.96. The molecule has 0 bridgehead atoms. The van der Waals surface area contributed by atoms with Crippen LogP contribution in [0.15, 0.2) is 84.9 Å². The minimum absolute atomic E-state index is 0.173. The number of nitrogens with zero attached hydrogens (tertiary/aromatic N) is 3. The molecule has 5 nitrogen and oxygen atoms in total. The molecule has 5 rings (SSSR count). The van der Waals surface area contributed by atoms with Crippen molar-refractivity contribution in [3.05, 3.63) is 96.1 Å². The number of carbonyl (C=O) groups excluding carboxylic acids is 2. The standard InChI is InChI=1S/C25H21N3O2/c29-23-16-20(15-18-9-3-1-4-10-18)24(30)28(23)25-26-21-13-7-8-14-22(21)27(25)17-19-11-5-2-6-12-19/h1-14,20H,15-17H2/t20-/m1/s1. The number of imidazole rings is 1. The molecular formula is C25H21N3O2. The van der Waals surface area contributed by atoms with Crippen LogP contribution in [-0.4, -0.2) is 21.4 Å². The van der Waals surface area contributed by atoms with Crippen molar-refractivity contribution < 1.29 is 9.59 Å². The van der Waals surface area contributed by atoms with Gasteiger partial charge in [-0.05, 0) is 29.7 Å². The summed E-state index contributed by atoms with van der Waals surface area (Å²) in [6, 6.07) is 27.6. The predicted octanol–water partition coefficient (Wildman–Crippen LogP) is 4.21. The first-order chi connectivity index (χ1) is 14.7. The molecule has 1 aliphatic heterocycles. The summed E-state index contributed by atoms with van der Waals surface area (Å²) in [5, 5.41) is 0. The highest BCUT2D eigenvalue weighted by Crippen LogP contribution is 2.31. The van der Waals surface area contributed by atoms with E-state index in [-0.39, 0.29) is 24.2 Å². The molecule has 1 aliphatic rings. The quantitative estimate of drug-likeness (QED) is 0.476. The molecule has 1 atom stereocenters. The molecule has 2 amide bonds. The van der Waals surface area contributed by atoms with Gasteiger partial charge in [-0.15, -0.1) is 0 Å². The van der Waals surface area contributed by atoms with Gasteiger partial charge in [-0.3, -0.25) is 9.59 Å². The first-order valence-electron chi connectivity index (χ1n) is 10.1. The highest BCUT2D eigenvalue weighted by Gasteiger charge is 2.41. The Morgan fingerprint density at radius 3 is 2.17 bits per heavy atom. The van der Waals surface area contributed by atoms with E-state index < -0.39 is 0 Å². The van der Waals surface area contributed by atoms with Crippen LogP contribution in [0.4, 0.5) is 5.95 Å². The smallest absolute Gasteiger partial charge is 0.240 e. The average molecular weight is 395 g/mol. The van der Waals surface area contributed by atoms with Crippen molar-refractivity contribution in [2.75, 3.05) is 4.90 Å². The second-order valence-electron chi connectivity index (χ2n) is 7.63. The van der Waals surface area contributed by atoms with Gasteiger partial charge < -0.3 is 4.57 Å². The molecule has 0 unspecified atom stereocenters. The third-order valence-electron chi connectivity index (χ3n) is 5.58. The van der Waals surface area contributed by atoms with Crippen LogP contribution >= 0.6 is 0 Å². The van der Waals surface area contributed by atoms with Crippen LogP contribution in [0.5, 0.6) is 0 Å². The fourth-order valence-corrected chi connectivity index (χ4v) is 4.12. The second-order valence-corrected chi connectivity index (χ2v) is 7.63. The van der Waals surface area contributed by atoms with Gasteiger partial charge in [0.25, 0.3) is 0 Å². The Morgan fingerprint density at radius 1 is 0.800 bits per heavy atom. The SMILES string of the molecule is O=C1C[C@@H](Cc2ccccc2)C(=O)N1c1nc2ccccc2n1Cc1ccccc1. The molecule has 148 valence electrons. The lowest BCUT2D eigenvalue weighted by molar-refractivity contribution is -0.122. The van der Waals surface area contributed by atoms with Gasteiger partial charge in [0.05, 0.1) is 23.5 Å². The summed E-state index contributed by atoms with van der Waals surface area (Å²) in [6.45, 7) is 0.539. The zero-order valence-electron chi connectivity index (χ0n) is 16.4. The third-order valence-corrected chi connectivity index (χ3v) is 5.58. The number of carbonyl (C=O) groups is 2. The predicted molar refractivity (Wildman–Crippen MR) is 116 cm³/mol. The molecule has 3 aromatic carbocycles. The molecule has 4 aromatic rings. The Labute approximate surface area is 174 Å². The number of aromatic nitrogens is 2. The van der Waals surface area contributed by atoms with Crippen LogP contribution in [0.1, 0.15) is 17.5 Å². The number of para-hydroxylation sites is 2. The van der Waals surface area contributed by atoms with Crippen molar-refractivity contribution in [3.8, 4) is 0 Å². The van der Waals surface area contributed by atoms with Gasteiger partial charge in [-0.25, -0.2) is 9.88 Å². The molecule has 2 heterocycles. The summed E-state index contributed by atoms with van der Waals surface area (Å²) in [5.74, 6) is -0.311. The van der Waals surface area contributed by atoms with Crippen molar-refractivity contribution in [3.63, 3.8) is 0 Å². The van der Waals surface area contributed by atoms with Crippen molar-refractivity contribution in [1.29, 1.82) is 0 Å². The molecule has 5 heteroatoms. The van der Waals surface area contributed by atoms with Crippen LogP contribution in [0, 0.1) is 5.92 Å². The minimum Gasteiger partial charge on any atom is -0.305 e. The number of imide groups is 1. The maximum absolute atomic E-state index is 13.3. The summed E-state index contributed by atoms with van der Waals surface area (Å²) in [6.07, 6.45) is 0.767. The van der Waals surface area contributed by atoms with Crippen molar-refractivity contribution in [2.45, 2.75) is 19.4 Å². The van der Waals surface area contributed by atoms with E-state index >= 15 is 0 Å². The van der Waals surface area contributed by atoms with Gasteiger partial charge in [0.2, 0.25) is 17.8 Å². The lowest BCUT2D eigenvalue weighted by Gasteiger charge is -2.17. The van der Waals surface area contributed by atoms with Gasteiger partial charge in [0.15, 0.2) is 0 Å². The first-order valence-corrected chi connectivity index (χ1v) is 10.1. The molecule has 0 radical (unpaired) electrons. The van der Waals surface area contributed by atoms with E-state index in [0.717, 1.165) is 22.2 Å². The third kappa shape index (κ3) is 3.28. The van der Waals surface area contributed by atoms with Gasteiger partial charge in [0, 0.05) is 6.42 Å². The number of hydrogen-bond acceptors (Lipinski definition) is 3. The minimum atomic E-state index is -0.357. The molecule has 1 saturated heterocycles. The number of amides is 2. The Hall–Kier alpha value is -3.73. The van der Waals surface area contributed by atoms with Crippen LogP contribution in [-0.2, 0) is 22.6 Å². The second kappa shape index (κ2) is 7.59. The van der Waals surface area contributed by atoms with E-state index in [2.05, 4.69) is 4.98 Å². The largest absolute Gasteiger partial charge is 0.305 e. The molecule has 0 aliphatic carbocycles. The average Bonchev–Trinajstić information content (AvgIpc) is 3.26. The van der Waals surface area contributed by atoms with E-state index in [0.29, 0.717) is 18.9 Å². The Bertz CT molecular complexity index is 1220. The molecular weight excluding hydrogens is 374 g/mol. The van der Waals surface area contributed by atoms with Crippen molar-refractivity contribution in [1.82, 2.24) is 9.55 Å². The zero-order chi connectivity index (χ0) is 20.5. The maximum atomic E-state index is 13.3. The number of rotatable bonds is 5. The van der Waals surface area contributed by atoms with Gasteiger partial charge in [-0.1, -0.05) is 72.8 Å². The molecule has 30 heavy (non-hydrogen) atoms. The molecule has 0 N–H and O–H groups in total. The lowest BCUT2D eigenvalue weighted by atomic mass is 9.98. The number of hydrogen-bond donors (Lipinski definition) is 0. The number of benzene rings is 3. The van der Waals surface area contributed by atoms with Crippen LogP contribution in [0.2, 0.25) is 0 Å². The van der Waals surface area contributed by atoms with Crippen LogP contribution < -0.4 is 4.90 Å². The molecule has 0 spiro atoms. The Kier molecular flexibility index (Phi) is 4.64. The Balaban J connectivity index is 1.53. The Morgan fingerprint density at radius 2 is 1.43 bits per heavy atom. The highest BCUT2D eigenvalue weighted by atomic mass is 16.2. The van der Waals surface area contributed by atoms with E-state index in [1.807, 2.05) is 89.5 Å². The van der Waals surface area contributed by atoms with Crippen LogP contribution in [0.3, 0.4) is 0 Å². The lowest BCUT2D eigenvalue weighted by Crippen LogP contribution is -2.33. The monoisotopic (exact) mass is 395 g/mol. The topological polar surface area (TPSA) is 55.2 Å². The fraction of sp³-hybridized carbons (Fsp3) is 0.160. The fourth-order valence-electron chi connectivity index (χ4n) is 4.12. The van der Waals surface area contributed by atoms with Gasteiger partial charge >= 0.3 is 0 Å². The summed E-state index contributed by atoms with van der Waals surface area (Å²) in [5.41, 5.74) is 3.82. The van der Waals surface area contributed by atoms with E-state index in [4.69, 9.17) is 0 Å². The van der Waals surface area contributed by atoms with E-state index in [1.54, 1.807) is 0 Å². The zero-order valence-corrected chi connectivity index (χ0v) is 16.4. The van der Waals surface area contributed by atoms with Crippen molar-refractivity contribution >= 4 is 28.8 Å². The first kappa shape index (κ1) is 18.3. The van der Waals surface area contributed by atoms with Gasteiger partial charge in [-0.2, -0.15) is 0 Å². The highest BCUT2D eigenvalue weighted by molar-refractivity contribution is 6.20. The number of anilines is 1. The van der Waals surface area contributed by atoms with Gasteiger partial charge in [0.1, 0.15) is 0 Å². The summed E-state index contributed by atoms with van der Waals surface area (Å²) >= 11 is 0. The molecule has 1 fully saturated rings. The maximum Gasteiger partial charge on any atom is 0.240 e. The van der Waals surface area contributed by atoms with E-state index in [9.17, 15) is 9.59 Å². The van der Waals surface area contributed by atoms with Crippen molar-refractivity contribution in [2.24, 2.45) is 5.92 Å². The molecule has 1 aromatic heterocycles. The normalized spacial score (nSPS) is 16.5. The van der Waals surface area contributed by atoms with Crippen LogP contribution in [0.25, 0.3) is 11.0 Å². The molecule has 0 saturated carbocycles. The summed E-state index contributed by atoms with van der Waals surface area (Å²) in [4.78, 5) is 32.1. The van der Waals surface area contributed by atoms with E-state index in [1.165, 1.54) is 4.90 Å².